The Labute approximate surface area is 127 Å². The first kappa shape index (κ1) is 18.0. The zero-order valence-electron chi connectivity index (χ0n) is 14.8. The highest BCUT2D eigenvalue weighted by molar-refractivity contribution is 4.87. The van der Waals surface area contributed by atoms with E-state index >= 15 is 0 Å². The van der Waals surface area contributed by atoms with Crippen molar-refractivity contribution in [1.82, 2.24) is 10.2 Å². The van der Waals surface area contributed by atoms with Crippen LogP contribution >= 0.6 is 0 Å². The van der Waals surface area contributed by atoms with E-state index in [0.717, 1.165) is 12.5 Å². The number of nitrogens with one attached hydrogen (secondary N) is 1. The van der Waals surface area contributed by atoms with Gasteiger partial charge in [-0.3, -0.25) is 4.90 Å². The molecule has 120 valence electrons. The van der Waals surface area contributed by atoms with Gasteiger partial charge in [0, 0.05) is 31.7 Å². The third kappa shape index (κ3) is 6.58. The van der Waals surface area contributed by atoms with E-state index in [4.69, 9.17) is 0 Å². The maximum absolute atomic E-state index is 3.73. The van der Waals surface area contributed by atoms with Crippen molar-refractivity contribution in [2.24, 2.45) is 11.3 Å². The maximum Gasteiger partial charge on any atom is 0.0198 e. The molecule has 1 fully saturated rings. The summed E-state index contributed by atoms with van der Waals surface area (Å²) in [6.45, 7) is 17.9. The fraction of sp³-hybridized carbons (Fsp3) is 1.00. The number of hydrogen-bond donors (Lipinski definition) is 1. The Morgan fingerprint density at radius 1 is 1.25 bits per heavy atom. The maximum atomic E-state index is 3.73. The van der Waals surface area contributed by atoms with Crippen molar-refractivity contribution in [2.45, 2.75) is 85.7 Å². The largest absolute Gasteiger partial charge is 0.311 e. The fourth-order valence-electron chi connectivity index (χ4n) is 3.42. The van der Waals surface area contributed by atoms with Crippen molar-refractivity contribution in [2.75, 3.05) is 19.6 Å². The van der Waals surface area contributed by atoms with Gasteiger partial charge >= 0.3 is 0 Å². The standard InChI is InChI=1S/C18H38N2/c1-7-8-9-10-18(5,6)14-20-13-17(11-15(2)3)19-12-16(20)4/h15-17,19H,7-14H2,1-6H3. The molecule has 0 spiro atoms. The van der Waals surface area contributed by atoms with Crippen LogP contribution in [-0.2, 0) is 0 Å². The van der Waals surface area contributed by atoms with Gasteiger partial charge in [0.1, 0.15) is 0 Å². The third-order valence-electron chi connectivity index (χ3n) is 4.62. The zero-order chi connectivity index (χ0) is 15.2. The van der Waals surface area contributed by atoms with Gasteiger partial charge in [-0.2, -0.15) is 0 Å². The summed E-state index contributed by atoms with van der Waals surface area (Å²) in [4.78, 5) is 2.73. The molecule has 2 unspecified atom stereocenters. The third-order valence-corrected chi connectivity index (χ3v) is 4.62. The Kier molecular flexibility index (Phi) is 7.53. The average molecular weight is 283 g/mol. The first-order chi connectivity index (χ1) is 9.34. The van der Waals surface area contributed by atoms with E-state index < -0.39 is 0 Å². The normalized spacial score (nSPS) is 25.4. The van der Waals surface area contributed by atoms with Gasteiger partial charge in [0.05, 0.1) is 0 Å². The molecule has 1 aliphatic rings. The van der Waals surface area contributed by atoms with Gasteiger partial charge in [-0.15, -0.1) is 0 Å². The van der Waals surface area contributed by atoms with Crippen LogP contribution in [0.4, 0.5) is 0 Å². The predicted molar refractivity (Wildman–Crippen MR) is 90.2 cm³/mol. The molecule has 20 heavy (non-hydrogen) atoms. The molecule has 0 radical (unpaired) electrons. The predicted octanol–water partition coefficient (Wildman–Crippen LogP) is 4.30. The van der Waals surface area contributed by atoms with Crippen molar-refractivity contribution in [3.8, 4) is 0 Å². The molecule has 0 amide bonds. The molecule has 0 saturated carbocycles. The SMILES string of the molecule is CCCCCC(C)(C)CN1CC(CC(C)C)NCC1C. The Morgan fingerprint density at radius 2 is 1.95 bits per heavy atom. The summed E-state index contributed by atoms with van der Waals surface area (Å²) in [6, 6.07) is 1.38. The monoisotopic (exact) mass is 282 g/mol. The highest BCUT2D eigenvalue weighted by Crippen LogP contribution is 2.27. The zero-order valence-corrected chi connectivity index (χ0v) is 14.8. The van der Waals surface area contributed by atoms with Gasteiger partial charge < -0.3 is 5.32 Å². The highest BCUT2D eigenvalue weighted by Gasteiger charge is 2.29. The van der Waals surface area contributed by atoms with Crippen molar-refractivity contribution >= 4 is 0 Å². The molecule has 1 heterocycles. The second-order valence-corrected chi connectivity index (χ2v) is 8.13. The average Bonchev–Trinajstić information content (AvgIpc) is 2.32. The number of rotatable bonds is 8. The van der Waals surface area contributed by atoms with Crippen LogP contribution < -0.4 is 5.32 Å². The van der Waals surface area contributed by atoms with Crippen LogP contribution in [0.1, 0.15) is 73.6 Å². The Morgan fingerprint density at radius 3 is 2.55 bits per heavy atom. The van der Waals surface area contributed by atoms with Gasteiger partial charge in [-0.25, -0.2) is 0 Å². The highest BCUT2D eigenvalue weighted by atomic mass is 15.2. The number of nitrogens with zero attached hydrogens (tertiary/aromatic N) is 1. The number of piperazine rings is 1. The van der Waals surface area contributed by atoms with Crippen LogP contribution in [0.15, 0.2) is 0 Å². The Balaban J connectivity index is 2.46. The van der Waals surface area contributed by atoms with E-state index in [1.54, 1.807) is 0 Å². The summed E-state index contributed by atoms with van der Waals surface area (Å²) in [5.74, 6) is 0.792. The van der Waals surface area contributed by atoms with Crippen LogP contribution in [0.3, 0.4) is 0 Å². The molecule has 1 saturated heterocycles. The molecule has 1 rings (SSSR count). The molecular formula is C18H38N2. The lowest BCUT2D eigenvalue weighted by Crippen LogP contribution is -2.57. The summed E-state index contributed by atoms with van der Waals surface area (Å²) in [7, 11) is 0. The molecule has 0 aromatic carbocycles. The molecule has 2 atom stereocenters. The molecule has 0 aliphatic carbocycles. The summed E-state index contributed by atoms with van der Waals surface area (Å²) in [6.07, 6.45) is 6.78. The second-order valence-electron chi connectivity index (χ2n) is 8.13. The molecule has 2 heteroatoms. The van der Waals surface area contributed by atoms with Gasteiger partial charge in [-0.1, -0.05) is 53.9 Å². The van der Waals surface area contributed by atoms with E-state index in [-0.39, 0.29) is 0 Å². The van der Waals surface area contributed by atoms with Gasteiger partial charge in [-0.05, 0) is 31.1 Å². The Bertz CT molecular complexity index is 260. The lowest BCUT2D eigenvalue weighted by atomic mass is 9.85. The topological polar surface area (TPSA) is 15.3 Å². The van der Waals surface area contributed by atoms with E-state index in [9.17, 15) is 0 Å². The molecule has 0 aromatic heterocycles. The van der Waals surface area contributed by atoms with Crippen LogP contribution in [0, 0.1) is 11.3 Å². The van der Waals surface area contributed by atoms with Crippen LogP contribution in [0.5, 0.6) is 0 Å². The number of hydrogen-bond acceptors (Lipinski definition) is 2. The lowest BCUT2D eigenvalue weighted by Gasteiger charge is -2.43. The van der Waals surface area contributed by atoms with Crippen LogP contribution in [0.25, 0.3) is 0 Å². The molecule has 0 bridgehead atoms. The van der Waals surface area contributed by atoms with Gasteiger partial charge in [0.2, 0.25) is 0 Å². The molecule has 0 aromatic rings. The van der Waals surface area contributed by atoms with Crippen molar-refractivity contribution in [3.63, 3.8) is 0 Å². The summed E-state index contributed by atoms with van der Waals surface area (Å²) in [5, 5.41) is 3.73. The van der Waals surface area contributed by atoms with Gasteiger partial charge in [0.15, 0.2) is 0 Å². The lowest BCUT2D eigenvalue weighted by molar-refractivity contribution is 0.0823. The minimum Gasteiger partial charge on any atom is -0.311 e. The molecule has 2 nitrogen and oxygen atoms in total. The first-order valence-corrected chi connectivity index (χ1v) is 8.81. The van der Waals surface area contributed by atoms with Crippen molar-refractivity contribution in [1.29, 1.82) is 0 Å². The van der Waals surface area contributed by atoms with E-state index in [0.29, 0.717) is 17.5 Å². The smallest absolute Gasteiger partial charge is 0.0198 e. The van der Waals surface area contributed by atoms with E-state index in [1.165, 1.54) is 45.2 Å². The van der Waals surface area contributed by atoms with E-state index in [2.05, 4.69) is 51.8 Å². The second kappa shape index (κ2) is 8.38. The minimum absolute atomic E-state index is 0.461. The fourth-order valence-corrected chi connectivity index (χ4v) is 3.42. The minimum atomic E-state index is 0.461. The molecular weight excluding hydrogens is 244 g/mol. The Hall–Kier alpha value is -0.0800. The molecule has 1 N–H and O–H groups in total. The summed E-state index contributed by atoms with van der Waals surface area (Å²) >= 11 is 0. The van der Waals surface area contributed by atoms with E-state index in [1.807, 2.05) is 0 Å². The van der Waals surface area contributed by atoms with Crippen molar-refractivity contribution in [3.05, 3.63) is 0 Å². The summed E-state index contributed by atoms with van der Waals surface area (Å²) in [5.41, 5.74) is 0.461. The number of unbranched alkanes of at least 4 members (excludes halogenated alkanes) is 2. The van der Waals surface area contributed by atoms with Crippen molar-refractivity contribution < 1.29 is 0 Å². The van der Waals surface area contributed by atoms with Crippen LogP contribution in [-0.4, -0.2) is 36.6 Å². The summed E-state index contributed by atoms with van der Waals surface area (Å²) < 4.78 is 0. The van der Waals surface area contributed by atoms with Gasteiger partial charge in [0.25, 0.3) is 0 Å². The first-order valence-electron chi connectivity index (χ1n) is 8.81. The quantitative estimate of drug-likeness (QED) is 0.668. The van der Waals surface area contributed by atoms with Crippen LogP contribution in [0.2, 0.25) is 0 Å². The molecule has 1 aliphatic heterocycles.